The van der Waals surface area contributed by atoms with E-state index in [1.54, 1.807) is 19.1 Å². The third-order valence-electron chi connectivity index (χ3n) is 3.35. The number of halogens is 3. The normalized spacial score (nSPS) is 12.0. The van der Waals surface area contributed by atoms with Crippen molar-refractivity contribution in [3.63, 3.8) is 0 Å². The summed E-state index contributed by atoms with van der Waals surface area (Å²) in [4.78, 5) is 12.3. The summed E-state index contributed by atoms with van der Waals surface area (Å²) in [5.41, 5.74) is 0.477. The van der Waals surface area contributed by atoms with Crippen molar-refractivity contribution in [1.82, 2.24) is 10.2 Å². The Hall–Kier alpha value is -2.45. The van der Waals surface area contributed by atoms with Crippen LogP contribution >= 0.6 is 23.4 Å². The second-order valence-corrected chi connectivity index (χ2v) is 6.93. The predicted octanol–water partition coefficient (Wildman–Crippen LogP) is 4.79. The Balaban J connectivity index is 1.67. The van der Waals surface area contributed by atoms with Crippen LogP contribution in [-0.2, 0) is 4.79 Å². The minimum Gasteiger partial charge on any atom is -0.411 e. The van der Waals surface area contributed by atoms with E-state index >= 15 is 0 Å². The number of hydrogen-bond acceptors (Lipinski definition) is 5. The number of aromatic nitrogens is 2. The van der Waals surface area contributed by atoms with Gasteiger partial charge in [0, 0.05) is 0 Å². The van der Waals surface area contributed by atoms with E-state index in [0.29, 0.717) is 5.69 Å². The molecule has 0 saturated heterocycles. The van der Waals surface area contributed by atoms with Crippen molar-refractivity contribution in [1.29, 1.82) is 0 Å². The molecule has 0 aliphatic rings. The Morgan fingerprint density at radius 2 is 2.00 bits per heavy atom. The van der Waals surface area contributed by atoms with Crippen LogP contribution < -0.4 is 5.32 Å². The summed E-state index contributed by atoms with van der Waals surface area (Å²) in [5, 5.41) is 9.82. The summed E-state index contributed by atoms with van der Waals surface area (Å²) in [7, 11) is 0. The van der Waals surface area contributed by atoms with Crippen molar-refractivity contribution < 1.29 is 18.0 Å². The third-order valence-corrected chi connectivity index (χ3v) is 4.59. The van der Waals surface area contributed by atoms with Gasteiger partial charge in [-0.25, -0.2) is 8.78 Å². The highest BCUT2D eigenvalue weighted by Crippen LogP contribution is 2.29. The maximum absolute atomic E-state index is 13.7. The molecule has 26 heavy (non-hydrogen) atoms. The molecule has 0 unspecified atom stereocenters. The van der Waals surface area contributed by atoms with Crippen molar-refractivity contribution >= 4 is 35.0 Å². The Labute approximate surface area is 156 Å². The van der Waals surface area contributed by atoms with Gasteiger partial charge < -0.3 is 9.73 Å². The zero-order valence-electron chi connectivity index (χ0n) is 13.4. The molecule has 134 valence electrons. The lowest BCUT2D eigenvalue weighted by Crippen LogP contribution is -2.22. The standard InChI is InChI=1S/C17H12ClF2N3O2S/c1-9(15(24)21-14-7-6-10(19)8-12(14)18)26-17-23-22-16(25-17)11-4-2-3-5-13(11)20/h2-9H,1H3,(H,21,24)/t9-/m0/s1. The molecule has 3 aromatic rings. The van der Waals surface area contributed by atoms with Crippen LogP contribution in [-0.4, -0.2) is 21.4 Å². The number of rotatable bonds is 5. The van der Waals surface area contributed by atoms with Gasteiger partial charge in [-0.2, -0.15) is 0 Å². The molecule has 1 N–H and O–H groups in total. The average Bonchev–Trinajstić information content (AvgIpc) is 3.06. The van der Waals surface area contributed by atoms with Crippen LogP contribution in [0, 0.1) is 11.6 Å². The highest BCUT2D eigenvalue weighted by molar-refractivity contribution is 8.00. The van der Waals surface area contributed by atoms with E-state index in [2.05, 4.69) is 15.5 Å². The van der Waals surface area contributed by atoms with Gasteiger partial charge in [-0.05, 0) is 37.3 Å². The number of carbonyl (C=O) groups excluding carboxylic acids is 1. The minimum absolute atomic E-state index is 0.0276. The van der Waals surface area contributed by atoms with Gasteiger partial charge in [-0.3, -0.25) is 4.79 Å². The third kappa shape index (κ3) is 4.20. The first-order valence-electron chi connectivity index (χ1n) is 7.45. The number of anilines is 1. The van der Waals surface area contributed by atoms with Gasteiger partial charge in [-0.15, -0.1) is 10.2 Å². The first-order chi connectivity index (χ1) is 12.4. The van der Waals surface area contributed by atoms with Gasteiger partial charge in [0.15, 0.2) is 0 Å². The zero-order chi connectivity index (χ0) is 18.7. The second-order valence-electron chi connectivity index (χ2n) is 5.23. The molecule has 0 spiro atoms. The Bertz CT molecular complexity index is 951. The molecule has 0 radical (unpaired) electrons. The molecule has 5 nitrogen and oxygen atoms in total. The smallest absolute Gasteiger partial charge is 0.277 e. The fraction of sp³-hybridized carbons (Fsp3) is 0.118. The molecule has 0 fully saturated rings. The molecular weight excluding hydrogens is 384 g/mol. The van der Waals surface area contributed by atoms with Gasteiger partial charge in [-0.1, -0.05) is 35.5 Å². The molecule has 1 aromatic heterocycles. The number of carbonyl (C=O) groups is 1. The molecule has 2 aromatic carbocycles. The minimum atomic E-state index is -0.606. The Morgan fingerprint density at radius 3 is 2.73 bits per heavy atom. The molecule has 9 heteroatoms. The van der Waals surface area contributed by atoms with Gasteiger partial charge in [0.25, 0.3) is 11.1 Å². The van der Waals surface area contributed by atoms with Crippen LogP contribution in [0.4, 0.5) is 14.5 Å². The second kappa shape index (κ2) is 7.84. The van der Waals surface area contributed by atoms with Gasteiger partial charge >= 0.3 is 0 Å². The number of nitrogens with zero attached hydrogens (tertiary/aromatic N) is 2. The maximum atomic E-state index is 13.7. The van der Waals surface area contributed by atoms with E-state index < -0.39 is 16.9 Å². The van der Waals surface area contributed by atoms with Gasteiger partial charge in [0.05, 0.1) is 21.5 Å². The molecule has 1 heterocycles. The van der Waals surface area contributed by atoms with Crippen molar-refractivity contribution in [3.8, 4) is 11.5 Å². The summed E-state index contributed by atoms with van der Waals surface area (Å²) >= 11 is 6.90. The largest absolute Gasteiger partial charge is 0.411 e. The number of nitrogens with one attached hydrogen (secondary N) is 1. The van der Waals surface area contributed by atoms with Gasteiger partial charge in [0.1, 0.15) is 11.6 Å². The molecule has 0 bridgehead atoms. The van der Waals surface area contributed by atoms with Crippen LogP contribution in [0.3, 0.4) is 0 Å². The van der Waals surface area contributed by atoms with E-state index in [0.717, 1.165) is 17.8 Å². The van der Waals surface area contributed by atoms with E-state index in [4.69, 9.17) is 16.0 Å². The number of benzene rings is 2. The lowest BCUT2D eigenvalue weighted by Gasteiger charge is -2.11. The summed E-state index contributed by atoms with van der Waals surface area (Å²) < 4.78 is 32.2. The van der Waals surface area contributed by atoms with E-state index in [1.165, 1.54) is 24.3 Å². The molecule has 1 atom stereocenters. The van der Waals surface area contributed by atoms with Crippen LogP contribution in [0.25, 0.3) is 11.5 Å². The lowest BCUT2D eigenvalue weighted by atomic mass is 10.2. The summed E-state index contributed by atoms with van der Waals surface area (Å²) in [6, 6.07) is 9.68. The predicted molar refractivity (Wildman–Crippen MR) is 95.1 cm³/mol. The summed E-state index contributed by atoms with van der Waals surface area (Å²) in [6.45, 7) is 1.63. The van der Waals surface area contributed by atoms with Crippen LogP contribution in [0.1, 0.15) is 6.92 Å². The number of hydrogen-bond donors (Lipinski definition) is 1. The maximum Gasteiger partial charge on any atom is 0.277 e. The Morgan fingerprint density at radius 1 is 1.23 bits per heavy atom. The fourth-order valence-corrected chi connectivity index (χ4v) is 2.93. The fourth-order valence-electron chi connectivity index (χ4n) is 2.03. The topological polar surface area (TPSA) is 68.0 Å². The van der Waals surface area contributed by atoms with Crippen molar-refractivity contribution in [2.45, 2.75) is 17.4 Å². The molecule has 0 aliphatic carbocycles. The molecule has 3 rings (SSSR count). The quantitative estimate of drug-likeness (QED) is 0.629. The Kier molecular flexibility index (Phi) is 5.53. The highest BCUT2D eigenvalue weighted by atomic mass is 35.5. The van der Waals surface area contributed by atoms with Gasteiger partial charge in [0.2, 0.25) is 5.91 Å². The van der Waals surface area contributed by atoms with Crippen LogP contribution in [0.15, 0.2) is 52.1 Å². The average molecular weight is 396 g/mol. The van der Waals surface area contributed by atoms with Crippen LogP contribution in [0.2, 0.25) is 5.02 Å². The first-order valence-corrected chi connectivity index (χ1v) is 8.71. The number of thioether (sulfide) groups is 1. The van der Waals surface area contributed by atoms with Crippen molar-refractivity contribution in [2.24, 2.45) is 0 Å². The van der Waals surface area contributed by atoms with Crippen molar-refractivity contribution in [2.75, 3.05) is 5.32 Å². The monoisotopic (exact) mass is 395 g/mol. The molecule has 1 amide bonds. The summed E-state index contributed by atoms with van der Waals surface area (Å²) in [6.07, 6.45) is 0. The molecular formula is C17H12ClF2N3O2S. The van der Waals surface area contributed by atoms with E-state index in [9.17, 15) is 13.6 Å². The highest BCUT2D eigenvalue weighted by Gasteiger charge is 2.20. The summed E-state index contributed by atoms with van der Waals surface area (Å²) in [5.74, 6) is -1.33. The zero-order valence-corrected chi connectivity index (χ0v) is 14.9. The number of amides is 1. The molecule has 0 saturated carbocycles. The van der Waals surface area contributed by atoms with E-state index in [1.807, 2.05) is 0 Å². The first kappa shape index (κ1) is 18.3. The van der Waals surface area contributed by atoms with E-state index in [-0.39, 0.29) is 27.6 Å². The van der Waals surface area contributed by atoms with Crippen molar-refractivity contribution in [3.05, 3.63) is 59.1 Å². The SMILES string of the molecule is C[C@H](Sc1nnc(-c2ccccc2F)o1)C(=O)Nc1ccc(F)cc1Cl. The molecule has 0 aliphatic heterocycles. The van der Waals surface area contributed by atoms with Crippen LogP contribution in [0.5, 0.6) is 0 Å². The lowest BCUT2D eigenvalue weighted by molar-refractivity contribution is -0.115.